The fraction of sp³-hybridized carbons (Fsp3) is 0.350. The predicted molar refractivity (Wildman–Crippen MR) is 96.8 cm³/mol. The molecule has 0 N–H and O–H groups in total. The molecule has 1 aliphatic heterocycles. The minimum absolute atomic E-state index is 0.0514. The number of carbonyl (C=O) groups excluding carboxylic acids is 1. The number of Topliss-reactive ketones (excluding diaryl/α,β-unsaturated/α-hetero) is 1. The highest BCUT2D eigenvalue weighted by molar-refractivity contribution is 6.31. The first kappa shape index (κ1) is 17.0. The second kappa shape index (κ2) is 7.82. The highest BCUT2D eigenvalue weighted by Crippen LogP contribution is 2.24. The lowest BCUT2D eigenvalue weighted by atomic mass is 9.90. The fourth-order valence-electron chi connectivity index (χ4n) is 3.28. The van der Waals surface area contributed by atoms with Gasteiger partial charge in [0, 0.05) is 29.6 Å². The van der Waals surface area contributed by atoms with E-state index in [9.17, 15) is 4.79 Å². The topological polar surface area (TPSA) is 29.5 Å². The van der Waals surface area contributed by atoms with Crippen molar-refractivity contribution in [3.8, 4) is 5.75 Å². The maximum Gasteiger partial charge on any atom is 0.167 e. The number of nitrogens with zero attached hydrogens (tertiary/aromatic N) is 1. The van der Waals surface area contributed by atoms with E-state index < -0.39 is 0 Å². The second-order valence-corrected chi connectivity index (χ2v) is 6.73. The SMILES string of the molecule is COc1ccc(CN2CCC[C@H](C(=O)c3cccc(Cl)c3)C2)cc1. The Labute approximate surface area is 148 Å². The van der Waals surface area contributed by atoms with Crippen LogP contribution in [0.25, 0.3) is 0 Å². The number of carbonyl (C=O) groups is 1. The Bertz CT molecular complexity index is 699. The largest absolute Gasteiger partial charge is 0.497 e. The van der Waals surface area contributed by atoms with Gasteiger partial charge in [-0.3, -0.25) is 9.69 Å². The van der Waals surface area contributed by atoms with Gasteiger partial charge < -0.3 is 4.74 Å². The third-order valence-electron chi connectivity index (χ3n) is 4.55. The van der Waals surface area contributed by atoms with Crippen molar-refractivity contribution in [2.45, 2.75) is 19.4 Å². The van der Waals surface area contributed by atoms with Crippen molar-refractivity contribution in [2.24, 2.45) is 5.92 Å². The van der Waals surface area contributed by atoms with E-state index in [1.54, 1.807) is 19.2 Å². The van der Waals surface area contributed by atoms with Gasteiger partial charge in [0.25, 0.3) is 0 Å². The zero-order valence-electron chi connectivity index (χ0n) is 13.9. The molecule has 3 rings (SSSR count). The number of hydrogen-bond acceptors (Lipinski definition) is 3. The number of ether oxygens (including phenoxy) is 1. The van der Waals surface area contributed by atoms with E-state index in [1.165, 1.54) is 5.56 Å². The number of rotatable bonds is 5. The Kier molecular flexibility index (Phi) is 5.54. The second-order valence-electron chi connectivity index (χ2n) is 6.30. The molecule has 2 aromatic rings. The van der Waals surface area contributed by atoms with Crippen LogP contribution in [0.5, 0.6) is 5.75 Å². The van der Waals surface area contributed by atoms with Crippen molar-refractivity contribution in [3.63, 3.8) is 0 Å². The Balaban J connectivity index is 1.64. The molecule has 0 amide bonds. The van der Waals surface area contributed by atoms with Gasteiger partial charge in [-0.2, -0.15) is 0 Å². The van der Waals surface area contributed by atoms with Crippen LogP contribution in [-0.4, -0.2) is 30.9 Å². The van der Waals surface area contributed by atoms with Crippen LogP contribution in [0.15, 0.2) is 48.5 Å². The number of hydrogen-bond donors (Lipinski definition) is 0. The van der Waals surface area contributed by atoms with Crippen LogP contribution in [0.1, 0.15) is 28.8 Å². The number of benzene rings is 2. The lowest BCUT2D eigenvalue weighted by Gasteiger charge is -2.32. The first-order chi connectivity index (χ1) is 11.7. The fourth-order valence-corrected chi connectivity index (χ4v) is 3.47. The van der Waals surface area contributed by atoms with Gasteiger partial charge in [0.1, 0.15) is 5.75 Å². The van der Waals surface area contributed by atoms with Crippen LogP contribution >= 0.6 is 11.6 Å². The number of halogens is 1. The number of piperidine rings is 1. The average Bonchev–Trinajstić information content (AvgIpc) is 2.62. The minimum atomic E-state index is 0.0514. The summed E-state index contributed by atoms with van der Waals surface area (Å²) in [4.78, 5) is 15.1. The Morgan fingerprint density at radius 2 is 2.04 bits per heavy atom. The zero-order valence-corrected chi connectivity index (χ0v) is 14.6. The summed E-state index contributed by atoms with van der Waals surface area (Å²) in [6.45, 7) is 2.70. The molecule has 126 valence electrons. The maximum absolute atomic E-state index is 12.7. The predicted octanol–water partition coefficient (Wildman–Crippen LogP) is 4.44. The molecule has 1 saturated heterocycles. The van der Waals surface area contributed by atoms with E-state index in [0.717, 1.165) is 43.8 Å². The molecule has 4 heteroatoms. The van der Waals surface area contributed by atoms with E-state index in [1.807, 2.05) is 24.3 Å². The van der Waals surface area contributed by atoms with Crippen LogP contribution in [0, 0.1) is 5.92 Å². The van der Waals surface area contributed by atoms with Crippen LogP contribution in [0.3, 0.4) is 0 Å². The molecule has 1 atom stereocenters. The third kappa shape index (κ3) is 4.16. The van der Waals surface area contributed by atoms with Crippen molar-refractivity contribution < 1.29 is 9.53 Å². The highest BCUT2D eigenvalue weighted by Gasteiger charge is 2.26. The molecular formula is C20H22ClNO2. The van der Waals surface area contributed by atoms with E-state index in [4.69, 9.17) is 16.3 Å². The van der Waals surface area contributed by atoms with E-state index in [0.29, 0.717) is 5.02 Å². The summed E-state index contributed by atoms with van der Waals surface area (Å²) in [6.07, 6.45) is 2.00. The summed E-state index contributed by atoms with van der Waals surface area (Å²) in [5.41, 5.74) is 1.96. The third-order valence-corrected chi connectivity index (χ3v) is 4.79. The summed E-state index contributed by atoms with van der Waals surface area (Å²) in [5, 5.41) is 0.617. The zero-order chi connectivity index (χ0) is 16.9. The smallest absolute Gasteiger partial charge is 0.167 e. The van der Waals surface area contributed by atoms with Crippen molar-refractivity contribution in [1.29, 1.82) is 0 Å². The first-order valence-electron chi connectivity index (χ1n) is 8.31. The molecule has 2 aromatic carbocycles. The van der Waals surface area contributed by atoms with Crippen LogP contribution in [-0.2, 0) is 6.54 Å². The molecule has 24 heavy (non-hydrogen) atoms. The van der Waals surface area contributed by atoms with Crippen molar-refractivity contribution >= 4 is 17.4 Å². The Hall–Kier alpha value is -1.84. The first-order valence-corrected chi connectivity index (χ1v) is 8.68. The molecule has 1 aliphatic rings. The van der Waals surface area contributed by atoms with Crippen LogP contribution in [0.2, 0.25) is 5.02 Å². The Morgan fingerprint density at radius 1 is 1.25 bits per heavy atom. The summed E-state index contributed by atoms with van der Waals surface area (Å²) in [7, 11) is 1.67. The van der Waals surface area contributed by atoms with Gasteiger partial charge in [0.05, 0.1) is 7.11 Å². The van der Waals surface area contributed by atoms with Gasteiger partial charge in [-0.25, -0.2) is 0 Å². The maximum atomic E-state index is 12.7. The molecule has 0 spiro atoms. The molecule has 1 fully saturated rings. The van der Waals surface area contributed by atoms with Gasteiger partial charge in [-0.15, -0.1) is 0 Å². The normalized spacial score (nSPS) is 18.3. The van der Waals surface area contributed by atoms with E-state index in [-0.39, 0.29) is 11.7 Å². The quantitative estimate of drug-likeness (QED) is 0.751. The standard InChI is InChI=1S/C20H22ClNO2/c1-24-19-9-7-15(8-10-19)13-22-11-3-5-17(14-22)20(23)16-4-2-6-18(21)12-16/h2,4,6-10,12,17H,3,5,11,13-14H2,1H3/t17-/m0/s1. The highest BCUT2D eigenvalue weighted by atomic mass is 35.5. The van der Waals surface area contributed by atoms with Crippen LogP contribution in [0.4, 0.5) is 0 Å². The molecular weight excluding hydrogens is 322 g/mol. The molecule has 0 unspecified atom stereocenters. The van der Waals surface area contributed by atoms with Crippen molar-refractivity contribution in [1.82, 2.24) is 4.90 Å². The summed E-state index contributed by atoms with van der Waals surface area (Å²) < 4.78 is 5.20. The van der Waals surface area contributed by atoms with Gasteiger partial charge in [-0.1, -0.05) is 35.9 Å². The van der Waals surface area contributed by atoms with Crippen LogP contribution < -0.4 is 4.74 Å². The van der Waals surface area contributed by atoms with E-state index >= 15 is 0 Å². The van der Waals surface area contributed by atoms with Gasteiger partial charge >= 0.3 is 0 Å². The number of methoxy groups -OCH3 is 1. The Morgan fingerprint density at radius 3 is 2.75 bits per heavy atom. The molecule has 3 nitrogen and oxygen atoms in total. The molecule has 0 radical (unpaired) electrons. The number of ketones is 1. The lowest BCUT2D eigenvalue weighted by Crippen LogP contribution is -2.38. The summed E-state index contributed by atoms with van der Waals surface area (Å²) in [6, 6.07) is 15.4. The molecule has 0 bridgehead atoms. The molecule has 1 heterocycles. The van der Waals surface area contributed by atoms with Gasteiger partial charge in [0.2, 0.25) is 0 Å². The monoisotopic (exact) mass is 343 g/mol. The summed E-state index contributed by atoms with van der Waals surface area (Å²) >= 11 is 6.02. The van der Waals surface area contributed by atoms with Gasteiger partial charge in [0.15, 0.2) is 5.78 Å². The average molecular weight is 344 g/mol. The van der Waals surface area contributed by atoms with E-state index in [2.05, 4.69) is 17.0 Å². The van der Waals surface area contributed by atoms with Crippen molar-refractivity contribution in [2.75, 3.05) is 20.2 Å². The molecule has 0 aromatic heterocycles. The molecule has 0 aliphatic carbocycles. The number of likely N-dealkylation sites (tertiary alicyclic amines) is 1. The summed E-state index contributed by atoms with van der Waals surface area (Å²) in [5.74, 6) is 1.12. The van der Waals surface area contributed by atoms with Crippen molar-refractivity contribution in [3.05, 3.63) is 64.7 Å². The molecule has 0 saturated carbocycles. The van der Waals surface area contributed by atoms with Gasteiger partial charge in [-0.05, 0) is 49.2 Å². The lowest BCUT2D eigenvalue weighted by molar-refractivity contribution is 0.0811. The minimum Gasteiger partial charge on any atom is -0.497 e.